The molecule has 0 unspecified atom stereocenters. The minimum absolute atomic E-state index is 0.0930. The third-order valence-corrected chi connectivity index (χ3v) is 5.85. The Hall–Kier alpha value is -3.03. The fourth-order valence-electron chi connectivity index (χ4n) is 3.69. The lowest BCUT2D eigenvalue weighted by atomic mass is 10.2. The van der Waals surface area contributed by atoms with Gasteiger partial charge in [-0.2, -0.15) is 0 Å². The third-order valence-electron chi connectivity index (χ3n) is 5.11. The van der Waals surface area contributed by atoms with Crippen LogP contribution in [-0.2, 0) is 13.1 Å². The van der Waals surface area contributed by atoms with E-state index in [9.17, 15) is 9.59 Å². The molecule has 2 heterocycles. The molecule has 166 valence electrons. The first-order valence-corrected chi connectivity index (χ1v) is 10.9. The summed E-state index contributed by atoms with van der Waals surface area (Å²) in [4.78, 5) is 31.3. The summed E-state index contributed by atoms with van der Waals surface area (Å²) in [7, 11) is 1.54. The molecule has 0 aliphatic heterocycles. The van der Waals surface area contributed by atoms with Gasteiger partial charge in [-0.25, -0.2) is 14.3 Å². The van der Waals surface area contributed by atoms with Crippen molar-refractivity contribution in [2.24, 2.45) is 5.92 Å². The normalized spacial score (nSPS) is 11.4. The maximum Gasteiger partial charge on any atom is 0.337 e. The summed E-state index contributed by atoms with van der Waals surface area (Å²) in [5.41, 5.74) is 1.11. The van der Waals surface area contributed by atoms with E-state index in [4.69, 9.17) is 27.9 Å². The van der Waals surface area contributed by atoms with Gasteiger partial charge in [-0.1, -0.05) is 55.2 Å². The molecule has 0 aliphatic rings. The molecule has 0 fully saturated rings. The first-order chi connectivity index (χ1) is 15.3. The number of halogens is 2. The Labute approximate surface area is 194 Å². The number of rotatable bonds is 6. The van der Waals surface area contributed by atoms with Crippen LogP contribution in [0.25, 0.3) is 16.9 Å². The summed E-state index contributed by atoms with van der Waals surface area (Å²) < 4.78 is 9.88. The van der Waals surface area contributed by atoms with Crippen LogP contribution in [0.1, 0.15) is 19.4 Å². The van der Waals surface area contributed by atoms with E-state index in [1.165, 1.54) is 16.2 Å². The van der Waals surface area contributed by atoms with E-state index in [-0.39, 0.29) is 23.7 Å². The van der Waals surface area contributed by atoms with Gasteiger partial charge < -0.3 is 9.30 Å². The summed E-state index contributed by atoms with van der Waals surface area (Å²) in [6, 6.07) is 12.4. The quantitative estimate of drug-likeness (QED) is 0.417. The van der Waals surface area contributed by atoms with Crippen LogP contribution in [0, 0.1) is 5.92 Å². The van der Waals surface area contributed by atoms with Crippen LogP contribution in [0.4, 0.5) is 0 Å². The summed E-state index contributed by atoms with van der Waals surface area (Å²) in [6.45, 7) is 4.53. The van der Waals surface area contributed by atoms with E-state index in [0.29, 0.717) is 33.5 Å². The zero-order valence-corrected chi connectivity index (χ0v) is 19.4. The average molecular weight is 473 g/mol. The van der Waals surface area contributed by atoms with Crippen molar-refractivity contribution in [2.45, 2.75) is 26.9 Å². The van der Waals surface area contributed by atoms with Gasteiger partial charge in [0.1, 0.15) is 5.75 Å². The minimum atomic E-state index is -0.458. The van der Waals surface area contributed by atoms with E-state index >= 15 is 0 Å². The Morgan fingerprint density at radius 2 is 1.81 bits per heavy atom. The summed E-state index contributed by atoms with van der Waals surface area (Å²) in [5.74, 6) is 0.597. The van der Waals surface area contributed by atoms with Crippen LogP contribution >= 0.6 is 23.2 Å². The van der Waals surface area contributed by atoms with E-state index in [0.717, 1.165) is 5.56 Å². The molecular formula is C23H22Cl2N4O3. The van der Waals surface area contributed by atoms with Crippen LogP contribution < -0.4 is 16.0 Å². The molecule has 2 aromatic carbocycles. The molecule has 2 aromatic heterocycles. The standard InChI is InChI=1S/C23H22Cl2N4O3/c1-14(2)11-28-22(30)20-21(29(23(28)31)18-6-4-5-7-19(18)32-3)26-13-27(20)12-15-8-9-16(24)17(25)10-15/h4-10,13-14H,11-12H2,1-3H3. The number of ether oxygens (including phenoxy) is 1. The van der Waals surface area contributed by atoms with Gasteiger partial charge in [0.05, 0.1) is 29.2 Å². The van der Waals surface area contributed by atoms with Gasteiger partial charge in [0.25, 0.3) is 5.56 Å². The summed E-state index contributed by atoms with van der Waals surface area (Å²) in [5, 5.41) is 0.881. The van der Waals surface area contributed by atoms with E-state index < -0.39 is 5.69 Å². The highest BCUT2D eigenvalue weighted by atomic mass is 35.5. The Morgan fingerprint density at radius 3 is 2.50 bits per heavy atom. The molecule has 4 aromatic rings. The van der Waals surface area contributed by atoms with Crippen molar-refractivity contribution in [2.75, 3.05) is 7.11 Å². The fourth-order valence-corrected chi connectivity index (χ4v) is 4.01. The summed E-state index contributed by atoms with van der Waals surface area (Å²) >= 11 is 12.2. The highest BCUT2D eigenvalue weighted by molar-refractivity contribution is 6.42. The number of methoxy groups -OCH3 is 1. The second kappa shape index (κ2) is 8.84. The second-order valence-electron chi connectivity index (χ2n) is 7.89. The van der Waals surface area contributed by atoms with E-state index in [2.05, 4.69) is 4.98 Å². The largest absolute Gasteiger partial charge is 0.495 e. The highest BCUT2D eigenvalue weighted by Crippen LogP contribution is 2.25. The van der Waals surface area contributed by atoms with Crippen molar-refractivity contribution < 1.29 is 4.74 Å². The Balaban J connectivity index is 2.01. The molecule has 32 heavy (non-hydrogen) atoms. The summed E-state index contributed by atoms with van der Waals surface area (Å²) in [6.07, 6.45) is 1.56. The van der Waals surface area contributed by atoms with E-state index in [1.807, 2.05) is 26.0 Å². The van der Waals surface area contributed by atoms with Crippen LogP contribution in [0.3, 0.4) is 0 Å². The second-order valence-corrected chi connectivity index (χ2v) is 8.71. The van der Waals surface area contributed by atoms with Gasteiger partial charge in [0.15, 0.2) is 11.2 Å². The number of fused-ring (bicyclic) bond motifs is 1. The topological polar surface area (TPSA) is 71.1 Å². The molecule has 0 amide bonds. The van der Waals surface area contributed by atoms with Crippen molar-refractivity contribution in [1.29, 1.82) is 0 Å². The molecule has 0 spiro atoms. The number of imidazole rings is 1. The minimum Gasteiger partial charge on any atom is -0.495 e. The van der Waals surface area contributed by atoms with Gasteiger partial charge in [-0.05, 0) is 35.7 Å². The molecule has 0 saturated carbocycles. The zero-order valence-electron chi connectivity index (χ0n) is 17.9. The zero-order chi connectivity index (χ0) is 23.0. The molecule has 9 heteroatoms. The maximum atomic E-state index is 13.4. The van der Waals surface area contributed by atoms with Crippen molar-refractivity contribution in [1.82, 2.24) is 18.7 Å². The first-order valence-electron chi connectivity index (χ1n) is 10.1. The molecule has 0 atom stereocenters. The number of hydrogen-bond donors (Lipinski definition) is 0. The lowest BCUT2D eigenvalue weighted by molar-refractivity contribution is 0.411. The lowest BCUT2D eigenvalue weighted by Gasteiger charge is -2.16. The number of nitrogens with zero attached hydrogens (tertiary/aromatic N) is 4. The predicted octanol–water partition coefficient (Wildman–Crippen LogP) is 4.37. The number of hydrogen-bond acceptors (Lipinski definition) is 4. The van der Waals surface area contributed by atoms with Crippen molar-refractivity contribution in [3.63, 3.8) is 0 Å². The van der Waals surface area contributed by atoms with Gasteiger partial charge in [-0.3, -0.25) is 9.36 Å². The number of benzene rings is 2. The molecule has 0 radical (unpaired) electrons. The molecule has 4 rings (SSSR count). The number of para-hydroxylation sites is 2. The predicted molar refractivity (Wildman–Crippen MR) is 127 cm³/mol. The Kier molecular flexibility index (Phi) is 6.13. The van der Waals surface area contributed by atoms with Gasteiger partial charge in [0.2, 0.25) is 0 Å². The van der Waals surface area contributed by atoms with Gasteiger partial charge in [0, 0.05) is 13.1 Å². The fraction of sp³-hybridized carbons (Fsp3) is 0.261. The molecule has 7 nitrogen and oxygen atoms in total. The van der Waals surface area contributed by atoms with Crippen LogP contribution in [0.5, 0.6) is 5.75 Å². The molecule has 0 aliphatic carbocycles. The monoisotopic (exact) mass is 472 g/mol. The molecule has 0 N–H and O–H groups in total. The highest BCUT2D eigenvalue weighted by Gasteiger charge is 2.21. The Bertz CT molecular complexity index is 1420. The van der Waals surface area contributed by atoms with Crippen LogP contribution in [0.15, 0.2) is 58.4 Å². The van der Waals surface area contributed by atoms with Gasteiger partial charge >= 0.3 is 5.69 Å². The smallest absolute Gasteiger partial charge is 0.337 e. The van der Waals surface area contributed by atoms with Crippen LogP contribution in [-0.4, -0.2) is 25.8 Å². The molecule has 0 saturated heterocycles. The van der Waals surface area contributed by atoms with E-state index in [1.54, 1.807) is 41.2 Å². The number of aromatic nitrogens is 4. The molecule has 0 bridgehead atoms. The SMILES string of the molecule is COc1ccccc1-n1c(=O)n(CC(C)C)c(=O)c2c1ncn2Cc1ccc(Cl)c(Cl)c1. The van der Waals surface area contributed by atoms with Crippen LogP contribution in [0.2, 0.25) is 10.0 Å². The average Bonchev–Trinajstić information content (AvgIpc) is 3.17. The first kappa shape index (κ1) is 22.2. The van der Waals surface area contributed by atoms with Crippen molar-refractivity contribution in [3.8, 4) is 11.4 Å². The van der Waals surface area contributed by atoms with Gasteiger partial charge in [-0.15, -0.1) is 0 Å². The maximum absolute atomic E-state index is 13.4. The lowest BCUT2D eigenvalue weighted by Crippen LogP contribution is -2.41. The Morgan fingerprint density at radius 1 is 1.06 bits per heavy atom. The van der Waals surface area contributed by atoms with Crippen molar-refractivity contribution >= 4 is 34.4 Å². The molecular weight excluding hydrogens is 451 g/mol. The third kappa shape index (κ3) is 3.94. The van der Waals surface area contributed by atoms with Crippen molar-refractivity contribution in [3.05, 3.63) is 85.2 Å².